The molecule has 0 aliphatic carbocycles. The Morgan fingerprint density at radius 1 is 0.688 bits per heavy atom. The number of aromatic nitrogens is 3. The van der Waals surface area contributed by atoms with Crippen molar-refractivity contribution < 1.29 is 19.5 Å². The number of carbonyl (C=O) groups is 3. The van der Waals surface area contributed by atoms with E-state index in [1.54, 1.807) is 48.5 Å². The van der Waals surface area contributed by atoms with E-state index in [0.717, 1.165) is 0 Å². The number of H-pyrrole nitrogens is 3. The molecular formula is C32H24N10O6. The van der Waals surface area contributed by atoms with Crippen LogP contribution in [0, 0.1) is 19.7 Å². The third-order valence-electron chi connectivity index (χ3n) is 6.90. The number of fused-ring (bicyclic) bond motifs is 2. The van der Waals surface area contributed by atoms with E-state index in [1.165, 1.54) is 21.1 Å². The zero-order chi connectivity index (χ0) is 35.1. The number of rotatable bonds is 4. The minimum absolute atomic E-state index is 0.0608. The number of amides is 3. The van der Waals surface area contributed by atoms with E-state index < -0.39 is 34.9 Å². The summed E-state index contributed by atoms with van der Waals surface area (Å²) in [5, 5.41) is 18.9. The van der Waals surface area contributed by atoms with Gasteiger partial charge in [0.25, 0.3) is 40.4 Å². The second-order valence-electron chi connectivity index (χ2n) is 9.53. The van der Waals surface area contributed by atoms with Crippen LogP contribution in [0.4, 0.5) is 0 Å². The predicted molar refractivity (Wildman–Crippen MR) is 175 cm³/mol. The van der Waals surface area contributed by atoms with Crippen LogP contribution in [-0.4, -0.2) is 64.6 Å². The molecule has 48 heavy (non-hydrogen) atoms. The number of nitrogens with zero attached hydrogens (tertiary/aromatic N) is 4. The van der Waals surface area contributed by atoms with Gasteiger partial charge in [-0.25, -0.2) is 19.3 Å². The molecule has 2 aromatic carbocycles. The lowest BCUT2D eigenvalue weighted by atomic mass is 10.00. The lowest BCUT2D eigenvalue weighted by Gasteiger charge is -2.04. The monoisotopic (exact) mass is 644 g/mol. The molecule has 3 amide bonds. The molecule has 0 fully saturated rings. The highest BCUT2D eigenvalue weighted by Crippen LogP contribution is 2.34. The molecule has 3 heterocycles. The number of aliphatic imine (C=N–C) groups is 1. The Kier molecular flexibility index (Phi) is 9.78. The molecule has 0 saturated heterocycles. The van der Waals surface area contributed by atoms with Crippen molar-refractivity contribution in [2.45, 2.75) is 0 Å². The minimum atomic E-state index is -0.860. The number of hydrogen-bond donors (Lipinski definition) is 7. The average Bonchev–Trinajstić information content (AvgIpc) is 3.64. The van der Waals surface area contributed by atoms with Crippen molar-refractivity contribution in [2.24, 2.45) is 4.99 Å². The summed E-state index contributed by atoms with van der Waals surface area (Å²) in [6.07, 6.45) is 0. The maximum absolute atomic E-state index is 12.1. The Bertz CT molecular complexity index is 2380. The zero-order valence-electron chi connectivity index (χ0n) is 25.4. The first kappa shape index (κ1) is 33.4. The Balaban J connectivity index is 0.000000218. The SMILES string of the molecule is [C-]#[N+]/C(C(=O)NC)=C1/N=C(c2c(O)[nH]c(=O)[nH]c2=O)c2ccccc21.[C-]#[N+]/C(C(=O)NC)=c1/[nH]/c(=C(/[N+]#[C-])C(=O)NC)c2ccccc12. The van der Waals surface area contributed by atoms with Gasteiger partial charge in [0.2, 0.25) is 5.88 Å². The van der Waals surface area contributed by atoms with Crippen LogP contribution in [0.1, 0.15) is 16.7 Å². The summed E-state index contributed by atoms with van der Waals surface area (Å²) in [7, 11) is 4.25. The number of aromatic amines is 3. The van der Waals surface area contributed by atoms with Gasteiger partial charge in [0.1, 0.15) is 5.56 Å². The van der Waals surface area contributed by atoms with Crippen LogP contribution in [0.3, 0.4) is 0 Å². The molecular weight excluding hydrogens is 620 g/mol. The summed E-state index contributed by atoms with van der Waals surface area (Å²) < 4.78 is 0. The van der Waals surface area contributed by atoms with Gasteiger partial charge in [0.15, 0.2) is 0 Å². The summed E-state index contributed by atoms with van der Waals surface area (Å²) in [5.74, 6) is -2.34. The Morgan fingerprint density at radius 2 is 1.15 bits per heavy atom. The fourth-order valence-electron chi connectivity index (χ4n) is 4.75. The predicted octanol–water partition coefficient (Wildman–Crippen LogP) is -0.331. The molecule has 16 nitrogen and oxygen atoms in total. The van der Waals surface area contributed by atoms with Crippen molar-refractivity contribution in [1.29, 1.82) is 0 Å². The van der Waals surface area contributed by atoms with E-state index in [-0.39, 0.29) is 44.8 Å². The molecule has 1 aliphatic rings. The van der Waals surface area contributed by atoms with Gasteiger partial charge < -0.3 is 26.0 Å². The molecule has 2 aromatic heterocycles. The molecule has 0 bridgehead atoms. The fraction of sp³-hybridized carbons (Fsp3) is 0.0938. The maximum Gasteiger partial charge on any atom is 0.328 e. The fourth-order valence-corrected chi connectivity index (χ4v) is 4.75. The first-order valence-electron chi connectivity index (χ1n) is 13.7. The third kappa shape index (κ3) is 6.06. The second-order valence-corrected chi connectivity index (χ2v) is 9.53. The lowest BCUT2D eigenvalue weighted by molar-refractivity contribution is -0.117. The Labute approximate surface area is 270 Å². The van der Waals surface area contributed by atoms with Crippen molar-refractivity contribution in [3.05, 3.63) is 137 Å². The maximum atomic E-state index is 12.1. The molecule has 1 aliphatic heterocycles. The van der Waals surface area contributed by atoms with Gasteiger partial charge in [0.05, 0.1) is 41.8 Å². The van der Waals surface area contributed by atoms with Crippen molar-refractivity contribution in [2.75, 3.05) is 21.1 Å². The van der Waals surface area contributed by atoms with Crippen LogP contribution in [0.25, 0.3) is 42.4 Å². The first-order valence-corrected chi connectivity index (χ1v) is 13.7. The molecule has 0 saturated carbocycles. The summed E-state index contributed by atoms with van der Waals surface area (Å²) in [4.78, 5) is 80.1. The minimum Gasteiger partial charge on any atom is -0.494 e. The zero-order valence-corrected chi connectivity index (χ0v) is 25.4. The second kappa shape index (κ2) is 14.1. The molecule has 0 unspecified atom stereocenters. The molecule has 0 spiro atoms. The first-order chi connectivity index (χ1) is 23.1. The molecule has 16 heteroatoms. The molecule has 7 N–H and O–H groups in total. The normalized spacial score (nSPS) is 13.5. The van der Waals surface area contributed by atoms with E-state index >= 15 is 0 Å². The van der Waals surface area contributed by atoms with Crippen LogP contribution in [0.2, 0.25) is 0 Å². The molecule has 238 valence electrons. The summed E-state index contributed by atoms with van der Waals surface area (Å²) >= 11 is 0. The Morgan fingerprint density at radius 3 is 1.60 bits per heavy atom. The highest BCUT2D eigenvalue weighted by atomic mass is 16.3. The number of aromatic hydroxyl groups is 1. The van der Waals surface area contributed by atoms with Gasteiger partial charge in [-0.3, -0.25) is 34.1 Å². The van der Waals surface area contributed by atoms with E-state index in [1.807, 2.05) is 4.98 Å². The highest BCUT2D eigenvalue weighted by Gasteiger charge is 2.29. The standard InChI is InChI=1S/C16H11N5O4.C16H13N5O2/c1-17-12(15(24)18-2)11-8-6-4-3-5-7(8)10(19-11)9-13(22)20-16(25)21-14(9)23;1-17-13(15(22)19-3)11-9-7-5-6-8-10(9)12(21-11)14(18-2)16(23)20-4/h3-6H,2H3,(H,18,24)(H3,20,21,22,23,25);5-8,21H,3-4H3,(H,19,22)(H,20,23)/b12-11+;13-11+,14-12+. The molecule has 5 rings (SSSR count). The van der Waals surface area contributed by atoms with Gasteiger partial charge in [-0.05, 0) is 16.3 Å². The number of likely N-dealkylation sites (N-methyl/N-ethyl adjacent to an activating group) is 3. The molecule has 4 aromatic rings. The van der Waals surface area contributed by atoms with Crippen LogP contribution in [0.15, 0.2) is 68.8 Å². The van der Waals surface area contributed by atoms with E-state index in [9.17, 15) is 29.1 Å². The van der Waals surface area contributed by atoms with Crippen LogP contribution >= 0.6 is 0 Å². The van der Waals surface area contributed by atoms with Crippen molar-refractivity contribution in [1.82, 2.24) is 30.9 Å². The topological polar surface area (TPSA) is 214 Å². The largest absolute Gasteiger partial charge is 0.494 e. The number of hydrogen-bond acceptors (Lipinski definition) is 7. The average molecular weight is 645 g/mol. The van der Waals surface area contributed by atoms with Gasteiger partial charge in [0, 0.05) is 26.7 Å². The van der Waals surface area contributed by atoms with Gasteiger partial charge in [-0.15, -0.1) is 0 Å². The van der Waals surface area contributed by atoms with Gasteiger partial charge >= 0.3 is 5.69 Å². The van der Waals surface area contributed by atoms with Crippen molar-refractivity contribution in [3.8, 4) is 5.88 Å². The van der Waals surface area contributed by atoms with E-state index in [0.29, 0.717) is 21.9 Å². The smallest absolute Gasteiger partial charge is 0.328 e. The summed E-state index contributed by atoms with van der Waals surface area (Å²) in [5.41, 5.74) is -1.37. The van der Waals surface area contributed by atoms with Gasteiger partial charge in [-0.2, -0.15) is 0 Å². The molecule has 0 atom stereocenters. The van der Waals surface area contributed by atoms with Crippen LogP contribution in [0.5, 0.6) is 5.88 Å². The summed E-state index contributed by atoms with van der Waals surface area (Å²) in [6.45, 7) is 21.8. The quantitative estimate of drug-likeness (QED) is 0.117. The van der Waals surface area contributed by atoms with Crippen molar-refractivity contribution >= 4 is 51.3 Å². The lowest BCUT2D eigenvalue weighted by Crippen LogP contribution is -2.27. The van der Waals surface area contributed by atoms with Crippen LogP contribution < -0.4 is 37.9 Å². The Hall–Kier alpha value is -7.51. The number of benzene rings is 2. The summed E-state index contributed by atoms with van der Waals surface area (Å²) in [6, 6.07) is 13.6. The number of nitrogens with one attached hydrogen (secondary N) is 6. The van der Waals surface area contributed by atoms with E-state index in [4.69, 9.17) is 19.7 Å². The van der Waals surface area contributed by atoms with Crippen LogP contribution in [-0.2, 0) is 14.4 Å². The number of carbonyl (C=O) groups excluding carboxylic acids is 3. The third-order valence-corrected chi connectivity index (χ3v) is 6.90. The highest BCUT2D eigenvalue weighted by molar-refractivity contribution is 6.23. The van der Waals surface area contributed by atoms with Gasteiger partial charge in [-0.1, -0.05) is 48.5 Å². The van der Waals surface area contributed by atoms with E-state index in [2.05, 4.69) is 45.4 Å². The van der Waals surface area contributed by atoms with Crippen molar-refractivity contribution in [3.63, 3.8) is 0 Å². The molecule has 0 radical (unpaired) electrons.